The first kappa shape index (κ1) is 19.4. The molecule has 0 aliphatic carbocycles. The monoisotopic (exact) mass is 377 g/mol. The number of carbonyl (C=O) groups is 1. The standard InChI is InChI=1S/C21H22F3NO2/c1-14(20(26)27)17-11-19(16-7-9-18(10-8-16)21(22,23)24)25(13-17)12-15-5-3-2-4-6-15/h2-10,14,17,19H,11-13H2,1H3,(H,26,27)/t14?,17-,19+/m1/s1. The molecule has 0 bridgehead atoms. The lowest BCUT2D eigenvalue weighted by atomic mass is 9.90. The molecule has 1 aliphatic heterocycles. The highest BCUT2D eigenvalue weighted by Crippen LogP contribution is 2.40. The third-order valence-corrected chi connectivity index (χ3v) is 5.38. The Bertz CT molecular complexity index is 774. The second-order valence-corrected chi connectivity index (χ2v) is 7.17. The highest BCUT2D eigenvalue weighted by molar-refractivity contribution is 5.70. The number of carboxylic acid groups (broad SMARTS) is 1. The van der Waals surface area contributed by atoms with E-state index in [0.717, 1.165) is 23.3 Å². The van der Waals surface area contributed by atoms with E-state index in [-0.39, 0.29) is 12.0 Å². The highest BCUT2D eigenvalue weighted by Gasteiger charge is 2.38. The largest absolute Gasteiger partial charge is 0.481 e. The normalized spacial score (nSPS) is 21.9. The molecule has 3 nitrogen and oxygen atoms in total. The van der Waals surface area contributed by atoms with Gasteiger partial charge in [0.05, 0.1) is 11.5 Å². The molecule has 1 saturated heterocycles. The van der Waals surface area contributed by atoms with Crippen LogP contribution in [-0.2, 0) is 17.5 Å². The molecule has 0 spiro atoms. The molecule has 2 aromatic carbocycles. The number of nitrogens with zero attached hydrogens (tertiary/aromatic N) is 1. The molecule has 1 unspecified atom stereocenters. The fraction of sp³-hybridized carbons (Fsp3) is 0.381. The summed E-state index contributed by atoms with van der Waals surface area (Å²) in [7, 11) is 0. The zero-order valence-electron chi connectivity index (χ0n) is 15.0. The molecule has 3 rings (SSSR count). The summed E-state index contributed by atoms with van der Waals surface area (Å²) in [6, 6.07) is 14.9. The van der Waals surface area contributed by atoms with Crippen LogP contribution in [-0.4, -0.2) is 22.5 Å². The average molecular weight is 377 g/mol. The van der Waals surface area contributed by atoms with Crippen molar-refractivity contribution >= 4 is 5.97 Å². The maximum Gasteiger partial charge on any atom is 0.416 e. The smallest absolute Gasteiger partial charge is 0.416 e. The van der Waals surface area contributed by atoms with E-state index in [1.165, 1.54) is 12.1 Å². The van der Waals surface area contributed by atoms with E-state index >= 15 is 0 Å². The van der Waals surface area contributed by atoms with Crippen molar-refractivity contribution in [1.29, 1.82) is 0 Å². The Kier molecular flexibility index (Phi) is 5.56. The number of benzene rings is 2. The van der Waals surface area contributed by atoms with Crippen molar-refractivity contribution in [3.8, 4) is 0 Å². The highest BCUT2D eigenvalue weighted by atomic mass is 19.4. The molecule has 0 amide bonds. The Morgan fingerprint density at radius 3 is 2.33 bits per heavy atom. The van der Waals surface area contributed by atoms with Crippen molar-refractivity contribution in [3.05, 3.63) is 71.3 Å². The van der Waals surface area contributed by atoms with Gasteiger partial charge in [-0.1, -0.05) is 49.4 Å². The summed E-state index contributed by atoms with van der Waals surface area (Å²) in [5, 5.41) is 9.36. The van der Waals surface area contributed by atoms with Crippen molar-refractivity contribution < 1.29 is 23.1 Å². The van der Waals surface area contributed by atoms with Crippen LogP contribution in [0.2, 0.25) is 0 Å². The first-order valence-corrected chi connectivity index (χ1v) is 8.93. The fourth-order valence-corrected chi connectivity index (χ4v) is 3.74. The molecular formula is C21H22F3NO2. The Balaban J connectivity index is 1.85. The van der Waals surface area contributed by atoms with E-state index < -0.39 is 23.6 Å². The van der Waals surface area contributed by atoms with Gasteiger partial charge in [0.2, 0.25) is 0 Å². The minimum absolute atomic E-state index is 0.0431. The SMILES string of the molecule is CC(C(=O)O)[C@@H]1C[C@@H](c2ccc(C(F)(F)F)cc2)N(Cc2ccccc2)C1. The molecule has 27 heavy (non-hydrogen) atoms. The van der Waals surface area contributed by atoms with Gasteiger partial charge in [0.15, 0.2) is 0 Å². The third kappa shape index (κ3) is 4.50. The van der Waals surface area contributed by atoms with E-state index in [1.807, 2.05) is 30.3 Å². The van der Waals surface area contributed by atoms with E-state index in [1.54, 1.807) is 6.92 Å². The van der Waals surface area contributed by atoms with Crippen molar-refractivity contribution in [2.75, 3.05) is 6.54 Å². The summed E-state index contributed by atoms with van der Waals surface area (Å²) in [6.45, 7) is 2.94. The first-order valence-electron chi connectivity index (χ1n) is 8.93. The Labute approximate surface area is 156 Å². The minimum atomic E-state index is -4.36. The lowest BCUT2D eigenvalue weighted by Gasteiger charge is -2.25. The zero-order valence-corrected chi connectivity index (χ0v) is 15.0. The van der Waals surface area contributed by atoms with E-state index in [9.17, 15) is 23.1 Å². The first-order chi connectivity index (χ1) is 12.8. The topological polar surface area (TPSA) is 40.5 Å². The van der Waals surface area contributed by atoms with Crippen molar-refractivity contribution in [2.45, 2.75) is 32.1 Å². The fourth-order valence-electron chi connectivity index (χ4n) is 3.74. The van der Waals surface area contributed by atoms with Gasteiger partial charge in [0, 0.05) is 19.1 Å². The molecular weight excluding hydrogens is 355 g/mol. The van der Waals surface area contributed by atoms with Gasteiger partial charge in [0.25, 0.3) is 0 Å². The maximum absolute atomic E-state index is 12.8. The van der Waals surface area contributed by atoms with E-state index in [4.69, 9.17) is 0 Å². The molecule has 2 aromatic rings. The second kappa shape index (κ2) is 7.72. The van der Waals surface area contributed by atoms with E-state index in [0.29, 0.717) is 19.5 Å². The Morgan fingerprint density at radius 1 is 1.15 bits per heavy atom. The van der Waals surface area contributed by atoms with Crippen LogP contribution in [0.15, 0.2) is 54.6 Å². The van der Waals surface area contributed by atoms with Crippen LogP contribution in [0.5, 0.6) is 0 Å². The lowest BCUT2D eigenvalue weighted by Crippen LogP contribution is -2.26. The minimum Gasteiger partial charge on any atom is -0.481 e. The number of alkyl halides is 3. The van der Waals surface area contributed by atoms with Crippen LogP contribution in [0.25, 0.3) is 0 Å². The summed E-state index contributed by atoms with van der Waals surface area (Å²) < 4.78 is 38.5. The van der Waals surface area contributed by atoms with Gasteiger partial charge in [-0.05, 0) is 35.6 Å². The summed E-state index contributed by atoms with van der Waals surface area (Å²) >= 11 is 0. The van der Waals surface area contributed by atoms with Gasteiger partial charge in [-0.25, -0.2) is 0 Å². The van der Waals surface area contributed by atoms with Crippen LogP contribution >= 0.6 is 0 Å². The molecule has 1 heterocycles. The maximum atomic E-state index is 12.8. The van der Waals surface area contributed by atoms with Crippen LogP contribution in [0.3, 0.4) is 0 Å². The predicted octanol–water partition coefficient (Wildman–Crippen LogP) is 4.99. The number of carboxylic acids is 1. The predicted molar refractivity (Wildman–Crippen MR) is 95.9 cm³/mol. The zero-order chi connectivity index (χ0) is 19.6. The molecule has 144 valence electrons. The summed E-state index contributed by atoms with van der Waals surface area (Å²) in [5.74, 6) is -1.38. The van der Waals surface area contributed by atoms with Gasteiger partial charge in [-0.2, -0.15) is 13.2 Å². The summed E-state index contributed by atoms with van der Waals surface area (Å²) in [4.78, 5) is 13.6. The second-order valence-electron chi connectivity index (χ2n) is 7.17. The third-order valence-electron chi connectivity index (χ3n) is 5.38. The summed E-state index contributed by atoms with van der Waals surface area (Å²) in [6.07, 6.45) is -3.75. The van der Waals surface area contributed by atoms with Gasteiger partial charge in [-0.3, -0.25) is 9.69 Å². The molecule has 1 fully saturated rings. The molecule has 0 aromatic heterocycles. The lowest BCUT2D eigenvalue weighted by molar-refractivity contribution is -0.142. The van der Waals surface area contributed by atoms with Crippen LogP contribution in [0.1, 0.15) is 36.1 Å². The molecule has 1 aliphatic rings. The number of hydrogen-bond acceptors (Lipinski definition) is 2. The Hall–Kier alpha value is -2.34. The molecule has 1 N–H and O–H groups in total. The van der Waals surface area contributed by atoms with Gasteiger partial charge >= 0.3 is 12.1 Å². The van der Waals surface area contributed by atoms with Crippen LogP contribution in [0, 0.1) is 11.8 Å². The molecule has 6 heteroatoms. The summed E-state index contributed by atoms with van der Waals surface area (Å²) in [5.41, 5.74) is 1.21. The number of rotatable bonds is 5. The number of aliphatic carboxylic acids is 1. The quantitative estimate of drug-likeness (QED) is 0.798. The molecule has 0 saturated carbocycles. The van der Waals surface area contributed by atoms with Gasteiger partial charge in [0.1, 0.15) is 0 Å². The molecule has 0 radical (unpaired) electrons. The average Bonchev–Trinajstić information content (AvgIpc) is 3.05. The Morgan fingerprint density at radius 2 is 1.78 bits per heavy atom. The van der Waals surface area contributed by atoms with Crippen LogP contribution < -0.4 is 0 Å². The molecule has 3 atom stereocenters. The van der Waals surface area contributed by atoms with Crippen molar-refractivity contribution in [1.82, 2.24) is 4.90 Å². The number of hydrogen-bond donors (Lipinski definition) is 1. The van der Waals surface area contributed by atoms with Gasteiger partial charge in [-0.15, -0.1) is 0 Å². The van der Waals surface area contributed by atoms with E-state index in [2.05, 4.69) is 4.90 Å². The van der Waals surface area contributed by atoms with Crippen LogP contribution in [0.4, 0.5) is 13.2 Å². The van der Waals surface area contributed by atoms with Crippen molar-refractivity contribution in [2.24, 2.45) is 11.8 Å². The number of likely N-dealkylation sites (tertiary alicyclic amines) is 1. The van der Waals surface area contributed by atoms with Gasteiger partial charge < -0.3 is 5.11 Å². The van der Waals surface area contributed by atoms with Crippen molar-refractivity contribution in [3.63, 3.8) is 0 Å². The number of halogens is 3.